The largest absolute Gasteiger partial charge is 0.437 e. The van der Waals surface area contributed by atoms with Gasteiger partial charge in [-0.15, -0.1) is 0 Å². The number of anilines is 1. The summed E-state index contributed by atoms with van der Waals surface area (Å²) in [5, 5.41) is 2.63. The highest BCUT2D eigenvalue weighted by atomic mass is 16.5. The summed E-state index contributed by atoms with van der Waals surface area (Å²) in [4.78, 5) is 33.9. The lowest BCUT2D eigenvalue weighted by Gasteiger charge is -2.07. The smallest absolute Gasteiger partial charge is 0.252 e. The van der Waals surface area contributed by atoms with Crippen molar-refractivity contribution in [3.63, 3.8) is 0 Å². The van der Waals surface area contributed by atoms with Crippen molar-refractivity contribution in [3.8, 4) is 11.6 Å². The Labute approximate surface area is 136 Å². The molecule has 0 spiro atoms. The highest BCUT2D eigenvalue weighted by molar-refractivity contribution is 6.03. The molecule has 0 unspecified atom stereocenters. The number of nitrogens with two attached hydrogens (primary N) is 1. The summed E-state index contributed by atoms with van der Waals surface area (Å²) in [7, 11) is 0. The third kappa shape index (κ3) is 3.07. The lowest BCUT2D eigenvalue weighted by molar-refractivity contribution is -0.111. The lowest BCUT2D eigenvalue weighted by atomic mass is 10.3. The van der Waals surface area contributed by atoms with Crippen molar-refractivity contribution >= 4 is 28.7 Å². The zero-order valence-corrected chi connectivity index (χ0v) is 12.4. The van der Waals surface area contributed by atoms with Gasteiger partial charge in [-0.2, -0.15) is 0 Å². The molecule has 120 valence electrons. The Morgan fingerprint density at radius 3 is 2.96 bits per heavy atom. The zero-order valence-electron chi connectivity index (χ0n) is 12.4. The monoisotopic (exact) mass is 323 g/mol. The molecule has 0 aliphatic heterocycles. The number of carbonyl (C=O) groups is 2. The quantitative estimate of drug-likeness (QED) is 0.619. The fourth-order valence-corrected chi connectivity index (χ4v) is 2.06. The summed E-state index contributed by atoms with van der Waals surface area (Å²) in [5.41, 5.74) is 6.83. The van der Waals surface area contributed by atoms with Gasteiger partial charge in [0.1, 0.15) is 11.3 Å². The van der Waals surface area contributed by atoms with Crippen molar-refractivity contribution in [1.82, 2.24) is 15.0 Å². The number of H-pyrrole nitrogens is 1. The maximum absolute atomic E-state index is 11.4. The maximum atomic E-state index is 11.4. The SMILES string of the molecule is C=CC(=O)Nc1cccc(Oc2cnc3[nH]cc(C(N)=O)c3n2)c1. The first-order valence-electron chi connectivity index (χ1n) is 6.92. The van der Waals surface area contributed by atoms with Crippen LogP contribution in [0, 0.1) is 0 Å². The number of aromatic nitrogens is 3. The summed E-state index contributed by atoms with van der Waals surface area (Å²) in [6.07, 6.45) is 4.03. The molecule has 1 aromatic carbocycles. The van der Waals surface area contributed by atoms with Gasteiger partial charge in [-0.05, 0) is 18.2 Å². The van der Waals surface area contributed by atoms with Crippen LogP contribution in [0.25, 0.3) is 11.2 Å². The standard InChI is InChI=1S/C16H13N5O3/c1-2-12(22)20-9-4-3-5-10(6-9)24-13-8-19-16-14(21-13)11(7-18-16)15(17)23/h2-8H,1H2,(H2,17,23)(H,18,19)(H,20,22). The lowest BCUT2D eigenvalue weighted by Crippen LogP contribution is -2.10. The highest BCUT2D eigenvalue weighted by Crippen LogP contribution is 2.24. The van der Waals surface area contributed by atoms with E-state index in [2.05, 4.69) is 26.8 Å². The van der Waals surface area contributed by atoms with E-state index in [0.29, 0.717) is 22.6 Å². The molecule has 2 amide bonds. The Bertz CT molecular complexity index is 948. The first-order valence-corrected chi connectivity index (χ1v) is 6.92. The number of nitrogens with zero attached hydrogens (tertiary/aromatic N) is 2. The molecule has 4 N–H and O–H groups in total. The molecule has 3 aromatic rings. The molecule has 0 fully saturated rings. The van der Waals surface area contributed by atoms with Crippen LogP contribution in [-0.2, 0) is 4.79 Å². The Kier molecular flexibility index (Phi) is 3.94. The number of ether oxygens (including phenoxy) is 1. The first-order chi connectivity index (χ1) is 11.6. The zero-order chi connectivity index (χ0) is 17.1. The Balaban J connectivity index is 1.88. The van der Waals surface area contributed by atoms with Crippen molar-refractivity contribution in [2.24, 2.45) is 5.73 Å². The van der Waals surface area contributed by atoms with Crippen LogP contribution in [-0.4, -0.2) is 26.8 Å². The van der Waals surface area contributed by atoms with E-state index in [9.17, 15) is 9.59 Å². The molecule has 3 rings (SSSR count). The molecular formula is C16H13N5O3. The number of aromatic amines is 1. The van der Waals surface area contributed by atoms with E-state index < -0.39 is 5.91 Å². The molecule has 0 saturated heterocycles. The number of hydrogen-bond acceptors (Lipinski definition) is 5. The summed E-state index contributed by atoms with van der Waals surface area (Å²) in [5.74, 6) is -0.299. The molecule has 8 nitrogen and oxygen atoms in total. The Hall–Kier alpha value is -3.68. The number of hydrogen-bond donors (Lipinski definition) is 3. The fraction of sp³-hybridized carbons (Fsp3) is 0. The minimum absolute atomic E-state index is 0.191. The minimum Gasteiger partial charge on any atom is -0.437 e. The number of benzene rings is 1. The van der Waals surface area contributed by atoms with E-state index in [1.54, 1.807) is 24.3 Å². The third-order valence-electron chi connectivity index (χ3n) is 3.13. The first kappa shape index (κ1) is 15.2. The summed E-state index contributed by atoms with van der Waals surface area (Å²) in [6, 6.07) is 6.74. The van der Waals surface area contributed by atoms with Gasteiger partial charge in [-0.25, -0.2) is 9.97 Å². The molecular weight excluding hydrogens is 310 g/mol. The second kappa shape index (κ2) is 6.21. The summed E-state index contributed by atoms with van der Waals surface area (Å²) < 4.78 is 5.63. The molecule has 0 aliphatic rings. The molecule has 0 bridgehead atoms. The number of amides is 2. The van der Waals surface area contributed by atoms with Crippen molar-refractivity contribution in [2.45, 2.75) is 0 Å². The van der Waals surface area contributed by atoms with Crippen LogP contribution >= 0.6 is 0 Å². The van der Waals surface area contributed by atoms with Crippen molar-refractivity contribution in [2.75, 3.05) is 5.32 Å². The molecule has 0 aliphatic carbocycles. The normalized spacial score (nSPS) is 10.3. The molecule has 2 aromatic heterocycles. The summed E-state index contributed by atoms with van der Waals surface area (Å²) in [6.45, 7) is 3.39. The van der Waals surface area contributed by atoms with E-state index >= 15 is 0 Å². The van der Waals surface area contributed by atoms with Gasteiger partial charge >= 0.3 is 0 Å². The number of nitrogens with one attached hydrogen (secondary N) is 2. The van der Waals surface area contributed by atoms with Crippen LogP contribution < -0.4 is 15.8 Å². The number of primary amides is 1. The molecule has 24 heavy (non-hydrogen) atoms. The third-order valence-corrected chi connectivity index (χ3v) is 3.13. The van der Waals surface area contributed by atoms with E-state index in [1.807, 2.05) is 0 Å². The van der Waals surface area contributed by atoms with Gasteiger partial charge in [0, 0.05) is 18.0 Å². The van der Waals surface area contributed by atoms with E-state index in [0.717, 1.165) is 0 Å². The average molecular weight is 323 g/mol. The minimum atomic E-state index is -0.609. The topological polar surface area (TPSA) is 123 Å². The fourth-order valence-electron chi connectivity index (χ4n) is 2.06. The van der Waals surface area contributed by atoms with E-state index in [-0.39, 0.29) is 17.4 Å². The van der Waals surface area contributed by atoms with Crippen LogP contribution in [0.5, 0.6) is 11.6 Å². The molecule has 0 atom stereocenters. The van der Waals surface area contributed by atoms with Gasteiger partial charge < -0.3 is 20.8 Å². The van der Waals surface area contributed by atoms with Gasteiger partial charge in [0.15, 0.2) is 5.65 Å². The predicted molar refractivity (Wildman–Crippen MR) is 87.7 cm³/mol. The van der Waals surface area contributed by atoms with Gasteiger partial charge in [-0.1, -0.05) is 12.6 Å². The summed E-state index contributed by atoms with van der Waals surface area (Å²) >= 11 is 0. The number of fused-ring (bicyclic) bond motifs is 1. The van der Waals surface area contributed by atoms with Gasteiger partial charge in [0.05, 0.1) is 11.8 Å². The van der Waals surface area contributed by atoms with E-state index in [1.165, 1.54) is 18.5 Å². The van der Waals surface area contributed by atoms with Gasteiger partial charge in [-0.3, -0.25) is 9.59 Å². The maximum Gasteiger partial charge on any atom is 0.252 e. The predicted octanol–water partition coefficient (Wildman–Crippen LogP) is 1.97. The van der Waals surface area contributed by atoms with Crippen LogP contribution in [0.3, 0.4) is 0 Å². The molecule has 8 heteroatoms. The van der Waals surface area contributed by atoms with Crippen molar-refractivity contribution in [3.05, 3.63) is 54.9 Å². The average Bonchev–Trinajstić information content (AvgIpc) is 2.98. The number of rotatable bonds is 5. The second-order valence-electron chi connectivity index (χ2n) is 4.80. The number of carbonyl (C=O) groups excluding carboxylic acids is 2. The molecule has 0 saturated carbocycles. The van der Waals surface area contributed by atoms with E-state index in [4.69, 9.17) is 10.5 Å². The van der Waals surface area contributed by atoms with Crippen molar-refractivity contribution in [1.29, 1.82) is 0 Å². The van der Waals surface area contributed by atoms with Crippen LogP contribution in [0.15, 0.2) is 49.3 Å². The highest BCUT2D eigenvalue weighted by Gasteiger charge is 2.12. The van der Waals surface area contributed by atoms with Crippen LogP contribution in [0.4, 0.5) is 5.69 Å². The molecule has 2 heterocycles. The van der Waals surface area contributed by atoms with Gasteiger partial charge in [0.2, 0.25) is 11.8 Å². The van der Waals surface area contributed by atoms with Gasteiger partial charge in [0.25, 0.3) is 5.91 Å². The Morgan fingerprint density at radius 2 is 2.21 bits per heavy atom. The van der Waals surface area contributed by atoms with Crippen LogP contribution in [0.2, 0.25) is 0 Å². The Morgan fingerprint density at radius 1 is 1.38 bits per heavy atom. The second-order valence-corrected chi connectivity index (χ2v) is 4.80. The van der Waals surface area contributed by atoms with Crippen LogP contribution in [0.1, 0.15) is 10.4 Å². The van der Waals surface area contributed by atoms with Crippen molar-refractivity contribution < 1.29 is 14.3 Å². The molecule has 0 radical (unpaired) electrons.